The van der Waals surface area contributed by atoms with Crippen molar-refractivity contribution in [3.8, 4) is 0 Å². The number of hydrogen-bond acceptors (Lipinski definition) is 5. The number of fused-ring (bicyclic) bond motifs is 3. The number of hydrogen-bond donors (Lipinski definition) is 0. The molecule has 0 bridgehead atoms. The molecule has 5 heteroatoms. The Hall–Kier alpha value is -1.76. The first kappa shape index (κ1) is 15.5. The van der Waals surface area contributed by atoms with Crippen molar-refractivity contribution >= 4 is 0 Å². The molecule has 2 aromatic carbocycles. The Kier molecular flexibility index (Phi) is 4.04. The lowest BCUT2D eigenvalue weighted by molar-refractivity contribution is -0.308. The second-order valence-corrected chi connectivity index (χ2v) is 6.58. The van der Waals surface area contributed by atoms with Gasteiger partial charge in [-0.2, -0.15) is 0 Å². The van der Waals surface area contributed by atoms with Gasteiger partial charge in [0.2, 0.25) is 0 Å². The van der Waals surface area contributed by atoms with Gasteiger partial charge in [0.15, 0.2) is 12.6 Å². The summed E-state index contributed by atoms with van der Waals surface area (Å²) < 4.78 is 29.7. The molecule has 0 N–H and O–H groups in total. The Balaban J connectivity index is 1.22. The van der Waals surface area contributed by atoms with Gasteiger partial charge in [-0.3, -0.25) is 0 Å². The van der Waals surface area contributed by atoms with Crippen LogP contribution in [0.15, 0.2) is 60.7 Å². The van der Waals surface area contributed by atoms with Gasteiger partial charge in [-0.05, 0) is 5.56 Å². The molecule has 130 valence electrons. The maximum atomic E-state index is 6.11. The molecule has 0 amide bonds. The van der Waals surface area contributed by atoms with E-state index in [0.29, 0.717) is 13.2 Å². The molecule has 3 fully saturated rings. The van der Waals surface area contributed by atoms with Crippen LogP contribution in [0.4, 0.5) is 0 Å². The summed E-state index contributed by atoms with van der Waals surface area (Å²) >= 11 is 0. The fourth-order valence-electron chi connectivity index (χ4n) is 3.49. The van der Waals surface area contributed by atoms with Crippen molar-refractivity contribution in [3.63, 3.8) is 0 Å². The van der Waals surface area contributed by atoms with E-state index in [2.05, 4.69) is 0 Å². The van der Waals surface area contributed by atoms with Gasteiger partial charge in [-0.15, -0.1) is 0 Å². The number of epoxide rings is 1. The Bertz CT molecular complexity index is 707. The van der Waals surface area contributed by atoms with E-state index in [9.17, 15) is 0 Å². The SMILES string of the molecule is c1ccc(CO[C@@H]2O[C@@H]3CO[C@@H](c4ccccc4)O[C@H]3[C@@H]3O[C@H]23)cc1. The smallest absolute Gasteiger partial charge is 0.187 e. The van der Waals surface area contributed by atoms with Crippen LogP contribution in [0.2, 0.25) is 0 Å². The first-order valence-electron chi connectivity index (χ1n) is 8.67. The van der Waals surface area contributed by atoms with Crippen LogP contribution in [-0.4, -0.2) is 37.3 Å². The number of ether oxygens (including phenoxy) is 5. The lowest BCUT2D eigenvalue weighted by Crippen LogP contribution is -2.52. The minimum absolute atomic E-state index is 0.0228. The van der Waals surface area contributed by atoms with Gasteiger partial charge in [0.1, 0.15) is 24.4 Å². The van der Waals surface area contributed by atoms with Crippen LogP contribution in [0.1, 0.15) is 17.4 Å². The zero-order chi connectivity index (χ0) is 16.6. The zero-order valence-corrected chi connectivity index (χ0v) is 13.7. The van der Waals surface area contributed by atoms with Crippen molar-refractivity contribution in [2.24, 2.45) is 0 Å². The molecule has 3 heterocycles. The highest BCUT2D eigenvalue weighted by atomic mass is 16.8. The third-order valence-corrected chi connectivity index (χ3v) is 4.85. The maximum Gasteiger partial charge on any atom is 0.187 e. The number of benzene rings is 2. The fourth-order valence-corrected chi connectivity index (χ4v) is 3.49. The van der Waals surface area contributed by atoms with Gasteiger partial charge in [0, 0.05) is 5.56 Å². The van der Waals surface area contributed by atoms with E-state index >= 15 is 0 Å². The first-order valence-corrected chi connectivity index (χ1v) is 8.67. The van der Waals surface area contributed by atoms with Crippen LogP contribution in [0.25, 0.3) is 0 Å². The topological polar surface area (TPSA) is 49.5 Å². The summed E-state index contributed by atoms with van der Waals surface area (Å²) in [6.45, 7) is 0.978. The van der Waals surface area contributed by atoms with Crippen molar-refractivity contribution in [2.75, 3.05) is 6.61 Å². The lowest BCUT2D eigenvalue weighted by Gasteiger charge is -2.39. The molecule has 3 saturated heterocycles. The molecule has 0 spiro atoms. The normalized spacial score (nSPS) is 36.3. The highest BCUT2D eigenvalue weighted by molar-refractivity contribution is 5.17. The Labute approximate surface area is 146 Å². The molecule has 5 rings (SSSR count). The summed E-state index contributed by atoms with van der Waals surface area (Å²) in [6.07, 6.45) is -1.04. The molecule has 3 aliphatic heterocycles. The summed E-state index contributed by atoms with van der Waals surface area (Å²) in [5.41, 5.74) is 2.13. The van der Waals surface area contributed by atoms with Gasteiger partial charge in [-0.1, -0.05) is 60.7 Å². The molecular formula is C20H20O5. The van der Waals surface area contributed by atoms with E-state index in [1.165, 1.54) is 0 Å². The Morgan fingerprint density at radius 2 is 1.56 bits per heavy atom. The summed E-state index contributed by atoms with van der Waals surface area (Å²) in [5.74, 6) is 0. The minimum atomic E-state index is -0.369. The van der Waals surface area contributed by atoms with Crippen LogP contribution >= 0.6 is 0 Å². The van der Waals surface area contributed by atoms with Crippen molar-refractivity contribution in [3.05, 3.63) is 71.8 Å². The largest absolute Gasteiger partial charge is 0.361 e. The fraction of sp³-hybridized carbons (Fsp3) is 0.400. The Morgan fingerprint density at radius 3 is 2.36 bits per heavy atom. The van der Waals surface area contributed by atoms with E-state index in [0.717, 1.165) is 11.1 Å². The number of rotatable bonds is 4. The predicted octanol–water partition coefficient (Wildman–Crippen LogP) is 2.81. The average molecular weight is 340 g/mol. The van der Waals surface area contributed by atoms with E-state index in [1.54, 1.807) is 0 Å². The van der Waals surface area contributed by atoms with Crippen LogP contribution in [0.5, 0.6) is 0 Å². The van der Waals surface area contributed by atoms with E-state index in [-0.39, 0.29) is 37.0 Å². The summed E-state index contributed by atoms with van der Waals surface area (Å²) in [5, 5.41) is 0. The van der Waals surface area contributed by atoms with Gasteiger partial charge in [-0.25, -0.2) is 0 Å². The van der Waals surface area contributed by atoms with Crippen molar-refractivity contribution in [1.82, 2.24) is 0 Å². The molecule has 0 unspecified atom stereocenters. The zero-order valence-electron chi connectivity index (χ0n) is 13.7. The van der Waals surface area contributed by atoms with Gasteiger partial charge in [0.05, 0.1) is 13.2 Å². The summed E-state index contributed by atoms with van der Waals surface area (Å²) in [4.78, 5) is 0. The standard InChI is InChI=1S/C20H20O5/c1-3-7-13(8-4-1)11-21-20-18-17(24-18)16-15(23-20)12-22-19(25-16)14-9-5-2-6-10-14/h1-10,15-20H,11-12H2/t15-,16-,17+,18+,19-,20-/m1/s1. The van der Waals surface area contributed by atoms with Gasteiger partial charge >= 0.3 is 0 Å². The molecule has 2 aromatic rings. The van der Waals surface area contributed by atoms with Crippen LogP contribution in [0, 0.1) is 0 Å². The van der Waals surface area contributed by atoms with Crippen molar-refractivity contribution in [2.45, 2.75) is 43.6 Å². The molecule has 0 aliphatic carbocycles. The third-order valence-electron chi connectivity index (χ3n) is 4.85. The Morgan fingerprint density at radius 1 is 0.800 bits per heavy atom. The predicted molar refractivity (Wildman–Crippen MR) is 88.6 cm³/mol. The average Bonchev–Trinajstić information content (AvgIpc) is 3.49. The van der Waals surface area contributed by atoms with Crippen LogP contribution < -0.4 is 0 Å². The molecule has 0 radical (unpaired) electrons. The minimum Gasteiger partial charge on any atom is -0.361 e. The van der Waals surface area contributed by atoms with Crippen LogP contribution in [-0.2, 0) is 30.3 Å². The third kappa shape index (κ3) is 3.10. The molecular weight excluding hydrogens is 320 g/mol. The molecule has 6 atom stereocenters. The molecule has 5 nitrogen and oxygen atoms in total. The molecule has 0 aromatic heterocycles. The molecule has 25 heavy (non-hydrogen) atoms. The monoisotopic (exact) mass is 340 g/mol. The molecule has 3 aliphatic rings. The highest BCUT2D eigenvalue weighted by Gasteiger charge is 2.60. The van der Waals surface area contributed by atoms with Crippen LogP contribution in [0.3, 0.4) is 0 Å². The van der Waals surface area contributed by atoms with E-state index < -0.39 is 0 Å². The van der Waals surface area contributed by atoms with Gasteiger partial charge in [0.25, 0.3) is 0 Å². The second-order valence-electron chi connectivity index (χ2n) is 6.58. The summed E-state index contributed by atoms with van der Waals surface area (Å²) in [6, 6.07) is 20.0. The van der Waals surface area contributed by atoms with E-state index in [4.69, 9.17) is 23.7 Å². The summed E-state index contributed by atoms with van der Waals surface area (Å²) in [7, 11) is 0. The maximum absolute atomic E-state index is 6.11. The van der Waals surface area contributed by atoms with Crippen molar-refractivity contribution in [1.29, 1.82) is 0 Å². The quantitative estimate of drug-likeness (QED) is 0.801. The lowest BCUT2D eigenvalue weighted by atomic mass is 10.0. The van der Waals surface area contributed by atoms with E-state index in [1.807, 2.05) is 60.7 Å². The first-order chi connectivity index (χ1) is 12.4. The van der Waals surface area contributed by atoms with Crippen molar-refractivity contribution < 1.29 is 23.7 Å². The highest BCUT2D eigenvalue weighted by Crippen LogP contribution is 2.43. The second kappa shape index (κ2) is 6.52. The molecule has 0 saturated carbocycles. The van der Waals surface area contributed by atoms with Gasteiger partial charge < -0.3 is 23.7 Å².